The van der Waals surface area contributed by atoms with Crippen LogP contribution in [0.4, 0.5) is 4.39 Å². The fourth-order valence-electron chi connectivity index (χ4n) is 5.24. The molecule has 1 aliphatic rings. The highest BCUT2D eigenvalue weighted by Gasteiger charge is 2.17. The lowest BCUT2D eigenvalue weighted by Crippen LogP contribution is -2.29. The van der Waals surface area contributed by atoms with Crippen LogP contribution in [-0.4, -0.2) is 53.1 Å². The molecule has 8 nitrogen and oxygen atoms in total. The van der Waals surface area contributed by atoms with Crippen molar-refractivity contribution in [2.24, 2.45) is 0 Å². The summed E-state index contributed by atoms with van der Waals surface area (Å²) in [7, 11) is 0. The Morgan fingerprint density at radius 1 is 0.842 bits per heavy atom. The summed E-state index contributed by atoms with van der Waals surface area (Å²) in [6.45, 7) is 3.20. The fourth-order valence-corrected chi connectivity index (χ4v) is 5.24. The highest BCUT2D eigenvalue weighted by atomic mass is 19.1. The van der Waals surface area contributed by atoms with E-state index in [-0.39, 0.29) is 5.82 Å². The molecular weight excluding hydrogens is 479 g/mol. The first kappa shape index (κ1) is 22.7. The van der Waals surface area contributed by atoms with Crippen molar-refractivity contribution in [1.82, 2.24) is 40.0 Å². The molecule has 0 atom stereocenters. The van der Waals surface area contributed by atoms with Crippen molar-refractivity contribution < 1.29 is 4.39 Å². The Morgan fingerprint density at radius 2 is 1.66 bits per heavy atom. The molecule has 6 heterocycles. The van der Waals surface area contributed by atoms with Crippen LogP contribution in [0.3, 0.4) is 0 Å². The van der Waals surface area contributed by atoms with Crippen molar-refractivity contribution in [3.05, 3.63) is 78.8 Å². The number of aromatic amines is 2. The number of imidazole rings is 1. The van der Waals surface area contributed by atoms with E-state index in [0.29, 0.717) is 17.2 Å². The largest absolute Gasteiger partial charge is 0.335 e. The van der Waals surface area contributed by atoms with Crippen molar-refractivity contribution in [3.8, 4) is 33.8 Å². The zero-order valence-electron chi connectivity index (χ0n) is 20.7. The number of piperidine rings is 1. The molecule has 7 rings (SSSR count). The van der Waals surface area contributed by atoms with Crippen molar-refractivity contribution in [3.63, 3.8) is 0 Å². The van der Waals surface area contributed by atoms with Crippen LogP contribution in [0.2, 0.25) is 0 Å². The number of halogens is 1. The molecular formula is C29H25FN8. The average molecular weight is 505 g/mol. The molecule has 0 spiro atoms. The van der Waals surface area contributed by atoms with Crippen molar-refractivity contribution in [1.29, 1.82) is 0 Å². The van der Waals surface area contributed by atoms with Gasteiger partial charge < -0.3 is 4.98 Å². The lowest BCUT2D eigenvalue weighted by atomic mass is 10.1. The van der Waals surface area contributed by atoms with Gasteiger partial charge >= 0.3 is 0 Å². The SMILES string of the molecule is Fc1ccc(-c2cncc3[nH]c(-c4n[nH]c5ncc(-c6cncc(CN7CCCCC7)c6)cc45)nc23)cc1. The Labute approximate surface area is 218 Å². The Balaban J connectivity index is 1.25. The zero-order valence-corrected chi connectivity index (χ0v) is 20.7. The second-order valence-corrected chi connectivity index (χ2v) is 9.79. The third-order valence-corrected chi connectivity index (χ3v) is 7.17. The average Bonchev–Trinajstić information content (AvgIpc) is 3.58. The van der Waals surface area contributed by atoms with Gasteiger partial charge in [-0.15, -0.1) is 0 Å². The minimum atomic E-state index is -0.282. The number of pyridine rings is 3. The first-order valence-corrected chi connectivity index (χ1v) is 12.8. The minimum absolute atomic E-state index is 0.282. The Morgan fingerprint density at radius 3 is 2.53 bits per heavy atom. The summed E-state index contributed by atoms with van der Waals surface area (Å²) < 4.78 is 13.5. The van der Waals surface area contributed by atoms with E-state index >= 15 is 0 Å². The van der Waals surface area contributed by atoms with E-state index in [1.807, 2.05) is 18.6 Å². The van der Waals surface area contributed by atoms with E-state index in [2.05, 4.69) is 47.2 Å². The van der Waals surface area contributed by atoms with Crippen LogP contribution in [0, 0.1) is 5.82 Å². The summed E-state index contributed by atoms with van der Waals surface area (Å²) in [5, 5.41) is 8.42. The van der Waals surface area contributed by atoms with E-state index < -0.39 is 0 Å². The minimum Gasteiger partial charge on any atom is -0.335 e. The van der Waals surface area contributed by atoms with Crippen LogP contribution in [0.1, 0.15) is 24.8 Å². The third kappa shape index (κ3) is 4.20. The molecule has 0 saturated carbocycles. The van der Waals surface area contributed by atoms with Gasteiger partial charge in [-0.25, -0.2) is 14.4 Å². The van der Waals surface area contributed by atoms with E-state index in [4.69, 9.17) is 4.98 Å². The van der Waals surface area contributed by atoms with Gasteiger partial charge in [0.1, 0.15) is 11.5 Å². The first-order valence-electron chi connectivity index (χ1n) is 12.8. The zero-order chi connectivity index (χ0) is 25.5. The lowest BCUT2D eigenvalue weighted by molar-refractivity contribution is 0.220. The topological polar surface area (TPSA) is 99.3 Å². The van der Waals surface area contributed by atoms with Gasteiger partial charge in [-0.05, 0) is 61.3 Å². The molecule has 0 unspecified atom stereocenters. The lowest BCUT2D eigenvalue weighted by Gasteiger charge is -2.26. The van der Waals surface area contributed by atoms with Gasteiger partial charge in [-0.2, -0.15) is 5.10 Å². The molecule has 6 aromatic rings. The van der Waals surface area contributed by atoms with Crippen LogP contribution < -0.4 is 0 Å². The van der Waals surface area contributed by atoms with E-state index in [1.165, 1.54) is 37.0 Å². The number of rotatable bonds is 5. The molecule has 1 fully saturated rings. The van der Waals surface area contributed by atoms with Crippen LogP contribution in [-0.2, 0) is 6.54 Å². The van der Waals surface area contributed by atoms with Gasteiger partial charge in [0, 0.05) is 48.0 Å². The number of nitrogens with zero attached hydrogens (tertiary/aromatic N) is 6. The van der Waals surface area contributed by atoms with Gasteiger partial charge in [0.05, 0.1) is 22.6 Å². The molecule has 0 aliphatic carbocycles. The van der Waals surface area contributed by atoms with Gasteiger partial charge in [0.15, 0.2) is 11.5 Å². The van der Waals surface area contributed by atoms with Crippen molar-refractivity contribution in [2.75, 3.05) is 13.1 Å². The molecule has 188 valence electrons. The van der Waals surface area contributed by atoms with E-state index in [1.54, 1.807) is 24.5 Å². The molecule has 0 bridgehead atoms. The smallest absolute Gasteiger partial charge is 0.159 e. The molecule has 2 N–H and O–H groups in total. The number of benzene rings is 1. The number of H-pyrrole nitrogens is 2. The van der Waals surface area contributed by atoms with Gasteiger partial charge in [0.2, 0.25) is 0 Å². The standard InChI is InChI=1S/C29H25FN8/c30-22-6-4-19(5-7-22)24-15-32-16-25-26(24)35-29(34-25)27-23-11-21(14-33-28(23)37-36-27)20-10-18(12-31-13-20)17-38-8-2-1-3-9-38/h4-7,10-16H,1-3,8-9,17H2,(H,34,35)(H,33,36,37). The van der Waals surface area contributed by atoms with Crippen molar-refractivity contribution >= 4 is 22.1 Å². The predicted octanol–water partition coefficient (Wildman–Crippen LogP) is 5.75. The van der Waals surface area contributed by atoms with Crippen molar-refractivity contribution in [2.45, 2.75) is 25.8 Å². The maximum atomic E-state index is 13.5. The van der Waals surface area contributed by atoms with Gasteiger partial charge in [-0.3, -0.25) is 20.0 Å². The quantitative estimate of drug-likeness (QED) is 0.310. The normalized spacial score (nSPS) is 14.4. The number of hydrogen-bond acceptors (Lipinski definition) is 6. The second-order valence-electron chi connectivity index (χ2n) is 9.79. The first-order chi connectivity index (χ1) is 18.7. The number of fused-ring (bicyclic) bond motifs is 2. The third-order valence-electron chi connectivity index (χ3n) is 7.17. The summed E-state index contributed by atoms with van der Waals surface area (Å²) >= 11 is 0. The predicted molar refractivity (Wildman–Crippen MR) is 145 cm³/mol. The summed E-state index contributed by atoms with van der Waals surface area (Å²) in [5.41, 5.74) is 7.73. The van der Waals surface area contributed by atoms with Gasteiger partial charge in [-0.1, -0.05) is 18.6 Å². The summed E-state index contributed by atoms with van der Waals surface area (Å²) in [4.78, 5) is 24.2. The molecule has 5 aromatic heterocycles. The highest BCUT2D eigenvalue weighted by molar-refractivity contribution is 5.96. The number of aromatic nitrogens is 7. The molecule has 38 heavy (non-hydrogen) atoms. The number of nitrogens with one attached hydrogen (secondary N) is 2. The number of hydrogen-bond donors (Lipinski definition) is 2. The monoisotopic (exact) mass is 504 g/mol. The van der Waals surface area contributed by atoms with Crippen LogP contribution in [0.25, 0.3) is 55.8 Å². The highest BCUT2D eigenvalue weighted by Crippen LogP contribution is 2.32. The van der Waals surface area contributed by atoms with E-state index in [9.17, 15) is 4.39 Å². The Bertz CT molecular complexity index is 1750. The fraction of sp³-hybridized carbons (Fsp3) is 0.207. The van der Waals surface area contributed by atoms with Crippen LogP contribution >= 0.6 is 0 Å². The molecule has 1 aliphatic heterocycles. The summed E-state index contributed by atoms with van der Waals surface area (Å²) in [6.07, 6.45) is 13.0. The molecule has 0 radical (unpaired) electrons. The molecule has 1 saturated heterocycles. The Kier molecular flexibility index (Phi) is 5.62. The number of likely N-dealkylation sites (tertiary alicyclic amines) is 1. The molecule has 9 heteroatoms. The van der Waals surface area contributed by atoms with E-state index in [0.717, 1.165) is 58.3 Å². The van der Waals surface area contributed by atoms with Gasteiger partial charge in [0.25, 0.3) is 0 Å². The maximum Gasteiger partial charge on any atom is 0.159 e. The van der Waals surface area contributed by atoms with Crippen LogP contribution in [0.15, 0.2) is 67.4 Å². The molecule has 1 aromatic carbocycles. The Hall–Kier alpha value is -4.50. The molecule has 0 amide bonds. The second kappa shape index (κ2) is 9.42. The van der Waals surface area contributed by atoms with Crippen LogP contribution in [0.5, 0.6) is 0 Å². The summed E-state index contributed by atoms with van der Waals surface area (Å²) in [5.74, 6) is 0.327. The maximum absolute atomic E-state index is 13.5. The summed E-state index contributed by atoms with van der Waals surface area (Å²) in [6, 6.07) is 10.6.